The van der Waals surface area contributed by atoms with Gasteiger partial charge in [-0.05, 0) is 13.0 Å². The number of aryl methyl sites for hydroxylation is 1. The molecule has 1 atom stereocenters. The van der Waals surface area contributed by atoms with Gasteiger partial charge in [0.2, 0.25) is 0 Å². The highest BCUT2D eigenvalue weighted by Gasteiger charge is 2.21. The summed E-state index contributed by atoms with van der Waals surface area (Å²) < 4.78 is 3.54. The Bertz CT molecular complexity index is 953. The largest absolute Gasteiger partial charge is 0.387 e. The van der Waals surface area contributed by atoms with Crippen LogP contribution in [-0.2, 0) is 26.7 Å². The van der Waals surface area contributed by atoms with Crippen LogP contribution in [0.3, 0.4) is 0 Å². The van der Waals surface area contributed by atoms with Gasteiger partial charge in [0, 0.05) is 20.1 Å². The molecule has 3 aromatic rings. The minimum Gasteiger partial charge on any atom is -0.387 e. The Morgan fingerprint density at radius 2 is 2.25 bits per heavy atom. The number of fused-ring (bicyclic) bond motifs is 2. The number of H-pyrrole nitrogens is 1. The van der Waals surface area contributed by atoms with Gasteiger partial charge in [0.1, 0.15) is 11.2 Å². The zero-order chi connectivity index (χ0) is 16.8. The van der Waals surface area contributed by atoms with Gasteiger partial charge in [-0.25, -0.2) is 4.98 Å². The van der Waals surface area contributed by atoms with E-state index in [4.69, 9.17) is 0 Å². The summed E-state index contributed by atoms with van der Waals surface area (Å²) in [5, 5.41) is 18.6. The molecule has 0 spiro atoms. The standard InChI is InChI=1S/C15H19N7O2/c1-9(23)12-5-10-7-21(3-4-22(10)19-12)8-13-17-14-11(15(24)18-13)6-16-20(14)2/h5-6,9,23H,3-4,7-8H2,1-2H3,(H,17,18,24)/t9-/m1/s1. The Kier molecular flexibility index (Phi) is 3.47. The van der Waals surface area contributed by atoms with Crippen molar-refractivity contribution in [2.24, 2.45) is 7.05 Å². The minimum atomic E-state index is -0.568. The third-order valence-corrected chi connectivity index (χ3v) is 4.35. The molecule has 3 aromatic heterocycles. The molecule has 24 heavy (non-hydrogen) atoms. The van der Waals surface area contributed by atoms with Crippen molar-refractivity contribution in [1.29, 1.82) is 0 Å². The lowest BCUT2D eigenvalue weighted by atomic mass is 10.2. The molecule has 9 heteroatoms. The van der Waals surface area contributed by atoms with E-state index in [1.807, 2.05) is 10.7 Å². The van der Waals surface area contributed by atoms with Crippen LogP contribution in [0, 0.1) is 0 Å². The van der Waals surface area contributed by atoms with Crippen molar-refractivity contribution < 1.29 is 5.11 Å². The maximum atomic E-state index is 12.1. The summed E-state index contributed by atoms with van der Waals surface area (Å²) in [4.78, 5) is 21.7. The molecule has 2 N–H and O–H groups in total. The van der Waals surface area contributed by atoms with Gasteiger partial charge in [-0.3, -0.25) is 19.1 Å². The summed E-state index contributed by atoms with van der Waals surface area (Å²) in [5.41, 5.74) is 2.17. The van der Waals surface area contributed by atoms with E-state index in [0.29, 0.717) is 35.6 Å². The SMILES string of the molecule is C[C@@H](O)c1cc2n(n1)CCN(Cc1nc3c(cnn3C)c(=O)[nH]1)C2. The first kappa shape index (κ1) is 15.0. The predicted octanol–water partition coefficient (Wildman–Crippen LogP) is -0.0778. The first-order valence-corrected chi connectivity index (χ1v) is 7.89. The first-order chi connectivity index (χ1) is 11.5. The summed E-state index contributed by atoms with van der Waals surface area (Å²) in [6.45, 7) is 4.52. The molecular formula is C15H19N7O2. The van der Waals surface area contributed by atoms with Crippen LogP contribution in [0.4, 0.5) is 0 Å². The van der Waals surface area contributed by atoms with Crippen molar-refractivity contribution in [2.75, 3.05) is 6.54 Å². The second-order valence-corrected chi connectivity index (χ2v) is 6.19. The highest BCUT2D eigenvalue weighted by atomic mass is 16.3. The lowest BCUT2D eigenvalue weighted by Crippen LogP contribution is -2.34. The number of nitrogens with zero attached hydrogens (tertiary/aromatic N) is 6. The van der Waals surface area contributed by atoms with Gasteiger partial charge in [-0.1, -0.05) is 0 Å². The molecule has 4 rings (SSSR count). The molecule has 0 radical (unpaired) electrons. The summed E-state index contributed by atoms with van der Waals surface area (Å²) in [5.74, 6) is 0.625. The Labute approximate surface area is 137 Å². The predicted molar refractivity (Wildman–Crippen MR) is 86.1 cm³/mol. The number of rotatable bonds is 3. The smallest absolute Gasteiger partial charge is 0.262 e. The van der Waals surface area contributed by atoms with E-state index in [2.05, 4.69) is 25.1 Å². The van der Waals surface area contributed by atoms with E-state index >= 15 is 0 Å². The molecule has 0 saturated carbocycles. The molecule has 0 aliphatic carbocycles. The second kappa shape index (κ2) is 5.53. The number of hydrogen-bond acceptors (Lipinski definition) is 6. The number of aromatic amines is 1. The topological polar surface area (TPSA) is 105 Å². The quantitative estimate of drug-likeness (QED) is 0.696. The summed E-state index contributed by atoms with van der Waals surface area (Å²) in [6.07, 6.45) is 0.962. The highest BCUT2D eigenvalue weighted by Crippen LogP contribution is 2.18. The summed E-state index contributed by atoms with van der Waals surface area (Å²) in [7, 11) is 1.77. The molecule has 0 fully saturated rings. The number of aliphatic hydroxyl groups is 1. The lowest BCUT2D eigenvalue weighted by Gasteiger charge is -2.26. The summed E-state index contributed by atoms with van der Waals surface area (Å²) >= 11 is 0. The van der Waals surface area contributed by atoms with Gasteiger partial charge in [-0.2, -0.15) is 10.2 Å². The van der Waals surface area contributed by atoms with Gasteiger partial charge >= 0.3 is 0 Å². The molecule has 0 saturated heterocycles. The lowest BCUT2D eigenvalue weighted by molar-refractivity contribution is 0.188. The fraction of sp³-hybridized carbons (Fsp3) is 0.467. The molecule has 0 aromatic carbocycles. The van der Waals surface area contributed by atoms with Crippen molar-refractivity contribution in [1.82, 2.24) is 34.4 Å². The Balaban J connectivity index is 1.58. The van der Waals surface area contributed by atoms with Crippen molar-refractivity contribution in [2.45, 2.75) is 32.7 Å². The fourth-order valence-electron chi connectivity index (χ4n) is 3.05. The first-order valence-electron chi connectivity index (χ1n) is 7.89. The number of aromatic nitrogens is 6. The Morgan fingerprint density at radius 3 is 3.04 bits per heavy atom. The van der Waals surface area contributed by atoms with Gasteiger partial charge < -0.3 is 10.1 Å². The van der Waals surface area contributed by atoms with Gasteiger partial charge in [-0.15, -0.1) is 0 Å². The van der Waals surface area contributed by atoms with Crippen LogP contribution < -0.4 is 5.56 Å². The third-order valence-electron chi connectivity index (χ3n) is 4.35. The van der Waals surface area contributed by atoms with Gasteiger partial charge in [0.15, 0.2) is 5.65 Å². The van der Waals surface area contributed by atoms with Crippen LogP contribution in [0.15, 0.2) is 17.1 Å². The monoisotopic (exact) mass is 329 g/mol. The zero-order valence-corrected chi connectivity index (χ0v) is 13.6. The van der Waals surface area contributed by atoms with Crippen molar-refractivity contribution >= 4 is 11.0 Å². The highest BCUT2D eigenvalue weighted by molar-refractivity contribution is 5.72. The molecule has 0 bridgehead atoms. The molecule has 126 valence electrons. The third kappa shape index (κ3) is 2.51. The summed E-state index contributed by atoms with van der Waals surface area (Å²) in [6, 6.07) is 1.93. The normalized spacial score (nSPS) is 16.5. The zero-order valence-electron chi connectivity index (χ0n) is 13.6. The van der Waals surface area contributed by atoms with E-state index in [0.717, 1.165) is 18.8 Å². The van der Waals surface area contributed by atoms with Crippen molar-refractivity contribution in [3.05, 3.63) is 39.8 Å². The molecule has 0 unspecified atom stereocenters. The number of hydrogen-bond donors (Lipinski definition) is 2. The van der Waals surface area contributed by atoms with E-state index < -0.39 is 6.10 Å². The molecule has 1 aliphatic heterocycles. The van der Waals surface area contributed by atoms with Crippen LogP contribution in [0.25, 0.3) is 11.0 Å². The maximum absolute atomic E-state index is 12.1. The second-order valence-electron chi connectivity index (χ2n) is 6.19. The molecule has 0 amide bonds. The molecule has 1 aliphatic rings. The Morgan fingerprint density at radius 1 is 1.42 bits per heavy atom. The fourth-order valence-corrected chi connectivity index (χ4v) is 3.05. The van der Waals surface area contributed by atoms with E-state index in [9.17, 15) is 9.90 Å². The molecule has 9 nitrogen and oxygen atoms in total. The number of nitrogens with one attached hydrogen (secondary N) is 1. The van der Waals surface area contributed by atoms with Crippen LogP contribution in [0.2, 0.25) is 0 Å². The van der Waals surface area contributed by atoms with Crippen molar-refractivity contribution in [3.8, 4) is 0 Å². The van der Waals surface area contributed by atoms with Crippen LogP contribution in [-0.4, -0.2) is 46.1 Å². The van der Waals surface area contributed by atoms with Gasteiger partial charge in [0.25, 0.3) is 5.56 Å². The average molecular weight is 329 g/mol. The van der Waals surface area contributed by atoms with E-state index in [-0.39, 0.29) is 5.56 Å². The van der Waals surface area contributed by atoms with Crippen molar-refractivity contribution in [3.63, 3.8) is 0 Å². The van der Waals surface area contributed by atoms with Crippen LogP contribution >= 0.6 is 0 Å². The maximum Gasteiger partial charge on any atom is 0.262 e. The van der Waals surface area contributed by atoms with Crippen LogP contribution in [0.1, 0.15) is 30.2 Å². The van der Waals surface area contributed by atoms with Gasteiger partial charge in [0.05, 0.1) is 36.8 Å². The minimum absolute atomic E-state index is 0.165. The molecular weight excluding hydrogens is 310 g/mol. The average Bonchev–Trinajstić information content (AvgIpc) is 3.12. The van der Waals surface area contributed by atoms with Crippen LogP contribution in [0.5, 0.6) is 0 Å². The van der Waals surface area contributed by atoms with E-state index in [1.165, 1.54) is 6.20 Å². The number of aliphatic hydroxyl groups excluding tert-OH is 1. The van der Waals surface area contributed by atoms with E-state index in [1.54, 1.807) is 18.7 Å². The molecule has 4 heterocycles. The Hall–Kier alpha value is -2.52.